The average Bonchev–Trinajstić information content (AvgIpc) is 2.62. The van der Waals surface area contributed by atoms with E-state index < -0.39 is 0 Å². The van der Waals surface area contributed by atoms with Crippen LogP contribution < -0.4 is 15.2 Å². The van der Waals surface area contributed by atoms with Gasteiger partial charge in [-0.3, -0.25) is 4.98 Å². The number of rotatable bonds is 7. The van der Waals surface area contributed by atoms with E-state index in [1.54, 1.807) is 6.20 Å². The Hall–Kier alpha value is -2.59. The van der Waals surface area contributed by atoms with Crippen molar-refractivity contribution in [2.45, 2.75) is 13.0 Å². The van der Waals surface area contributed by atoms with Gasteiger partial charge >= 0.3 is 0 Å². The molecule has 0 saturated carbocycles. The molecular formula is C19H20N2O2. The lowest BCUT2D eigenvalue weighted by Crippen LogP contribution is -2.07. The van der Waals surface area contributed by atoms with E-state index in [-0.39, 0.29) is 0 Å². The van der Waals surface area contributed by atoms with Crippen LogP contribution in [0.4, 0.5) is 0 Å². The first-order valence-corrected chi connectivity index (χ1v) is 7.76. The summed E-state index contributed by atoms with van der Waals surface area (Å²) in [7, 11) is 0. The molecule has 0 unspecified atom stereocenters. The molecule has 0 saturated heterocycles. The fraction of sp³-hybridized carbons (Fsp3) is 0.211. The van der Waals surface area contributed by atoms with Crippen LogP contribution in [0.2, 0.25) is 0 Å². The Kier molecular flexibility index (Phi) is 5.06. The van der Waals surface area contributed by atoms with Gasteiger partial charge in [0.2, 0.25) is 0 Å². The summed E-state index contributed by atoms with van der Waals surface area (Å²) in [5.74, 6) is 1.46. The highest BCUT2D eigenvalue weighted by Gasteiger charge is 2.11. The number of aromatic nitrogens is 1. The Bertz CT molecular complexity index is 760. The Balaban J connectivity index is 1.86. The lowest BCUT2D eigenvalue weighted by atomic mass is 10.2. The number of ether oxygens (including phenoxy) is 2. The van der Waals surface area contributed by atoms with Crippen LogP contribution in [0.3, 0.4) is 0 Å². The summed E-state index contributed by atoms with van der Waals surface area (Å²) in [5, 5.41) is 0.954. The molecule has 4 nitrogen and oxygen atoms in total. The van der Waals surface area contributed by atoms with Gasteiger partial charge in [0.15, 0.2) is 11.5 Å². The number of nitrogens with zero attached hydrogens (tertiary/aromatic N) is 1. The molecule has 0 aliphatic rings. The highest BCUT2D eigenvalue weighted by atomic mass is 16.5. The van der Waals surface area contributed by atoms with Crippen molar-refractivity contribution in [1.29, 1.82) is 0 Å². The van der Waals surface area contributed by atoms with E-state index >= 15 is 0 Å². The zero-order valence-electron chi connectivity index (χ0n) is 12.9. The van der Waals surface area contributed by atoms with Crippen LogP contribution in [0.5, 0.6) is 11.5 Å². The van der Waals surface area contributed by atoms with Crippen molar-refractivity contribution in [2.24, 2.45) is 5.73 Å². The number of pyridine rings is 1. The second-order valence-corrected chi connectivity index (χ2v) is 5.23. The minimum absolute atomic E-state index is 0.500. The molecule has 0 radical (unpaired) electrons. The molecule has 0 aliphatic carbocycles. The van der Waals surface area contributed by atoms with Crippen LogP contribution in [-0.4, -0.2) is 18.1 Å². The van der Waals surface area contributed by atoms with Gasteiger partial charge in [-0.2, -0.15) is 0 Å². The molecule has 23 heavy (non-hydrogen) atoms. The van der Waals surface area contributed by atoms with E-state index in [9.17, 15) is 0 Å². The summed E-state index contributed by atoms with van der Waals surface area (Å²) in [4.78, 5) is 4.37. The molecule has 118 valence electrons. The third-order valence-corrected chi connectivity index (χ3v) is 3.53. The third-order valence-electron chi connectivity index (χ3n) is 3.53. The fourth-order valence-corrected chi connectivity index (χ4v) is 2.36. The standard InChI is InChI=1S/C19H20N2O2/c20-11-5-13-22-19-16-8-4-12-21-17(16)9-10-18(19)23-14-15-6-2-1-3-7-15/h1-4,6-10,12H,5,11,13-14,20H2. The van der Waals surface area contributed by atoms with Crippen LogP contribution in [0.15, 0.2) is 60.8 Å². The largest absolute Gasteiger partial charge is 0.489 e. The van der Waals surface area contributed by atoms with Gasteiger partial charge in [0.05, 0.1) is 12.1 Å². The van der Waals surface area contributed by atoms with Crippen molar-refractivity contribution in [2.75, 3.05) is 13.2 Å². The maximum absolute atomic E-state index is 5.98. The number of nitrogens with two attached hydrogens (primary N) is 1. The van der Waals surface area contributed by atoms with Gasteiger partial charge in [0.25, 0.3) is 0 Å². The quantitative estimate of drug-likeness (QED) is 0.678. The first-order valence-electron chi connectivity index (χ1n) is 7.76. The summed E-state index contributed by atoms with van der Waals surface area (Å²) >= 11 is 0. The zero-order valence-corrected chi connectivity index (χ0v) is 12.9. The lowest BCUT2D eigenvalue weighted by molar-refractivity contribution is 0.263. The number of hydrogen-bond acceptors (Lipinski definition) is 4. The Labute approximate surface area is 135 Å². The highest BCUT2D eigenvalue weighted by Crippen LogP contribution is 2.35. The molecule has 0 spiro atoms. The van der Waals surface area contributed by atoms with E-state index in [4.69, 9.17) is 15.2 Å². The Morgan fingerprint density at radius 3 is 2.61 bits per heavy atom. The van der Waals surface area contributed by atoms with Gasteiger partial charge in [-0.05, 0) is 42.8 Å². The number of benzene rings is 2. The molecule has 1 heterocycles. The van der Waals surface area contributed by atoms with Crippen LogP contribution in [0, 0.1) is 0 Å². The van der Waals surface area contributed by atoms with Gasteiger partial charge in [-0.25, -0.2) is 0 Å². The van der Waals surface area contributed by atoms with Gasteiger partial charge in [-0.1, -0.05) is 30.3 Å². The summed E-state index contributed by atoms with van der Waals surface area (Å²) in [6, 6.07) is 17.8. The molecule has 0 aliphatic heterocycles. The predicted molar refractivity (Wildman–Crippen MR) is 91.7 cm³/mol. The first-order chi connectivity index (χ1) is 11.4. The maximum Gasteiger partial charge on any atom is 0.170 e. The molecule has 1 aromatic heterocycles. The molecule has 4 heteroatoms. The zero-order chi connectivity index (χ0) is 15.9. The Morgan fingerprint density at radius 2 is 1.78 bits per heavy atom. The average molecular weight is 308 g/mol. The molecule has 2 aromatic carbocycles. The summed E-state index contributed by atoms with van der Waals surface area (Å²) in [6.45, 7) is 1.66. The van der Waals surface area contributed by atoms with Gasteiger partial charge < -0.3 is 15.2 Å². The minimum Gasteiger partial charge on any atom is -0.489 e. The lowest BCUT2D eigenvalue weighted by Gasteiger charge is -2.15. The minimum atomic E-state index is 0.500. The van der Waals surface area contributed by atoms with E-state index in [1.165, 1.54) is 0 Å². The van der Waals surface area contributed by atoms with E-state index in [1.807, 2.05) is 54.6 Å². The van der Waals surface area contributed by atoms with Crippen molar-refractivity contribution in [3.05, 3.63) is 66.4 Å². The van der Waals surface area contributed by atoms with E-state index in [0.717, 1.165) is 34.4 Å². The molecule has 0 atom stereocenters. The van der Waals surface area contributed by atoms with E-state index in [2.05, 4.69) is 4.98 Å². The third kappa shape index (κ3) is 3.79. The summed E-state index contributed by atoms with van der Waals surface area (Å²) < 4.78 is 11.9. The predicted octanol–water partition coefficient (Wildman–Crippen LogP) is 3.54. The second kappa shape index (κ2) is 7.61. The van der Waals surface area contributed by atoms with Crippen molar-refractivity contribution < 1.29 is 9.47 Å². The van der Waals surface area contributed by atoms with Crippen LogP contribution in [0.1, 0.15) is 12.0 Å². The molecule has 0 amide bonds. The molecule has 0 fully saturated rings. The van der Waals surface area contributed by atoms with Gasteiger partial charge in [0.1, 0.15) is 6.61 Å². The molecular weight excluding hydrogens is 288 g/mol. The number of fused-ring (bicyclic) bond motifs is 1. The SMILES string of the molecule is NCCCOc1c(OCc2ccccc2)ccc2ncccc12. The monoisotopic (exact) mass is 308 g/mol. The summed E-state index contributed by atoms with van der Waals surface area (Å²) in [5.41, 5.74) is 7.56. The van der Waals surface area contributed by atoms with Crippen molar-refractivity contribution >= 4 is 10.9 Å². The topological polar surface area (TPSA) is 57.4 Å². The van der Waals surface area contributed by atoms with Crippen LogP contribution >= 0.6 is 0 Å². The van der Waals surface area contributed by atoms with Gasteiger partial charge in [-0.15, -0.1) is 0 Å². The van der Waals surface area contributed by atoms with Crippen molar-refractivity contribution in [3.63, 3.8) is 0 Å². The maximum atomic E-state index is 5.98. The van der Waals surface area contributed by atoms with Crippen LogP contribution in [-0.2, 0) is 6.61 Å². The van der Waals surface area contributed by atoms with Gasteiger partial charge in [0, 0.05) is 11.6 Å². The molecule has 3 aromatic rings. The van der Waals surface area contributed by atoms with Crippen molar-refractivity contribution in [3.8, 4) is 11.5 Å². The van der Waals surface area contributed by atoms with Crippen molar-refractivity contribution in [1.82, 2.24) is 4.98 Å². The fourth-order valence-electron chi connectivity index (χ4n) is 2.36. The Morgan fingerprint density at radius 1 is 0.913 bits per heavy atom. The normalized spacial score (nSPS) is 10.7. The molecule has 3 rings (SSSR count). The van der Waals surface area contributed by atoms with E-state index in [0.29, 0.717) is 19.8 Å². The first kappa shape index (κ1) is 15.3. The highest BCUT2D eigenvalue weighted by molar-refractivity contribution is 5.87. The molecule has 2 N–H and O–H groups in total. The molecule has 0 bridgehead atoms. The number of hydrogen-bond donors (Lipinski definition) is 1. The summed E-state index contributed by atoms with van der Waals surface area (Å²) in [6.07, 6.45) is 2.57. The van der Waals surface area contributed by atoms with Crippen LogP contribution in [0.25, 0.3) is 10.9 Å². The second-order valence-electron chi connectivity index (χ2n) is 5.23. The smallest absolute Gasteiger partial charge is 0.170 e.